The second-order valence-corrected chi connectivity index (χ2v) is 6.28. The van der Waals surface area contributed by atoms with Crippen molar-refractivity contribution in [2.75, 3.05) is 7.11 Å². The van der Waals surface area contributed by atoms with E-state index in [-0.39, 0.29) is 23.7 Å². The highest BCUT2D eigenvalue weighted by Crippen LogP contribution is 2.26. The molecular formula is C20H16Cl2O4. The molecule has 0 fully saturated rings. The van der Waals surface area contributed by atoms with Gasteiger partial charge in [0.2, 0.25) is 0 Å². The number of ketones is 2. The molecule has 0 heterocycles. The highest BCUT2D eigenvalue weighted by atomic mass is 35.5. The second kappa shape index (κ2) is 9.22. The third kappa shape index (κ3) is 6.06. The van der Waals surface area contributed by atoms with Gasteiger partial charge in [-0.1, -0.05) is 41.4 Å². The van der Waals surface area contributed by atoms with Crippen LogP contribution in [0.15, 0.2) is 48.6 Å². The summed E-state index contributed by atoms with van der Waals surface area (Å²) in [5, 5.41) is 10.5. The van der Waals surface area contributed by atoms with Gasteiger partial charge in [0.05, 0.1) is 13.5 Å². The van der Waals surface area contributed by atoms with Crippen LogP contribution in [-0.4, -0.2) is 23.8 Å². The van der Waals surface area contributed by atoms with Crippen LogP contribution in [0.2, 0.25) is 10.0 Å². The number of methoxy groups -OCH3 is 1. The maximum Gasteiger partial charge on any atom is 0.163 e. The van der Waals surface area contributed by atoms with Crippen molar-refractivity contribution in [2.24, 2.45) is 0 Å². The molecule has 0 aliphatic rings. The Morgan fingerprint density at radius 2 is 1.54 bits per heavy atom. The van der Waals surface area contributed by atoms with Gasteiger partial charge in [-0.3, -0.25) is 9.59 Å². The maximum absolute atomic E-state index is 11.9. The first-order valence-electron chi connectivity index (χ1n) is 7.62. The molecule has 6 heteroatoms. The Balaban J connectivity index is 1.96. The van der Waals surface area contributed by atoms with Gasteiger partial charge in [0.1, 0.15) is 0 Å². The number of allylic oxidation sites excluding steroid dienone is 2. The first-order valence-corrected chi connectivity index (χ1v) is 8.38. The lowest BCUT2D eigenvalue weighted by Crippen LogP contribution is -2.01. The second-order valence-electron chi connectivity index (χ2n) is 5.41. The van der Waals surface area contributed by atoms with Gasteiger partial charge in [0.15, 0.2) is 23.1 Å². The lowest BCUT2D eigenvalue weighted by Gasteiger charge is -2.03. The number of rotatable bonds is 7. The molecule has 0 aromatic heterocycles. The zero-order valence-electron chi connectivity index (χ0n) is 13.9. The van der Waals surface area contributed by atoms with Crippen LogP contribution in [0.1, 0.15) is 17.5 Å². The van der Waals surface area contributed by atoms with Crippen molar-refractivity contribution in [3.8, 4) is 11.5 Å². The van der Waals surface area contributed by atoms with Crippen molar-refractivity contribution in [1.82, 2.24) is 0 Å². The van der Waals surface area contributed by atoms with E-state index >= 15 is 0 Å². The highest BCUT2D eigenvalue weighted by molar-refractivity contribution is 6.34. The first-order chi connectivity index (χ1) is 12.4. The minimum atomic E-state index is -0.337. The molecule has 4 nitrogen and oxygen atoms in total. The van der Waals surface area contributed by atoms with Gasteiger partial charge < -0.3 is 9.84 Å². The average molecular weight is 391 g/mol. The largest absolute Gasteiger partial charge is 0.504 e. The quantitative estimate of drug-likeness (QED) is 0.535. The van der Waals surface area contributed by atoms with Crippen LogP contribution in [-0.2, 0) is 9.59 Å². The smallest absolute Gasteiger partial charge is 0.163 e. The number of ether oxygens (including phenoxy) is 1. The topological polar surface area (TPSA) is 63.6 Å². The van der Waals surface area contributed by atoms with E-state index in [0.29, 0.717) is 26.9 Å². The van der Waals surface area contributed by atoms with Crippen molar-refractivity contribution in [2.45, 2.75) is 6.42 Å². The Hall–Kier alpha value is -2.56. The van der Waals surface area contributed by atoms with E-state index in [1.165, 1.54) is 25.3 Å². The van der Waals surface area contributed by atoms with E-state index in [1.807, 2.05) is 0 Å². The Labute approximate surface area is 161 Å². The number of carbonyl (C=O) groups excluding carboxylic acids is 2. The number of aromatic hydroxyl groups is 1. The first kappa shape index (κ1) is 19.8. The molecule has 26 heavy (non-hydrogen) atoms. The summed E-state index contributed by atoms with van der Waals surface area (Å²) >= 11 is 11.8. The van der Waals surface area contributed by atoms with Crippen molar-refractivity contribution < 1.29 is 19.4 Å². The van der Waals surface area contributed by atoms with Gasteiger partial charge in [-0.05, 0) is 53.6 Å². The Bertz CT molecular complexity index is 865. The molecule has 0 saturated carbocycles. The van der Waals surface area contributed by atoms with Crippen molar-refractivity contribution in [3.05, 3.63) is 69.7 Å². The fraction of sp³-hybridized carbons (Fsp3) is 0.100. The Kier molecular flexibility index (Phi) is 7.01. The third-order valence-electron chi connectivity index (χ3n) is 3.36. The molecule has 1 N–H and O–H groups in total. The zero-order valence-corrected chi connectivity index (χ0v) is 15.4. The van der Waals surface area contributed by atoms with Gasteiger partial charge in [-0.25, -0.2) is 0 Å². The standard InChI is InChI=1S/C20H16Cl2O4/c1-26-20-10-13(4-7-19(20)25)2-5-17(23)12-18(24)6-3-14-8-15(21)11-16(22)9-14/h2-11,25H,12H2,1H3. The summed E-state index contributed by atoms with van der Waals surface area (Å²) in [7, 11) is 1.44. The summed E-state index contributed by atoms with van der Waals surface area (Å²) in [5.41, 5.74) is 1.35. The number of phenolic OH excluding ortho intramolecular Hbond substituents is 1. The molecule has 2 rings (SSSR count). The Morgan fingerprint density at radius 3 is 2.12 bits per heavy atom. The summed E-state index contributed by atoms with van der Waals surface area (Å²) in [6.45, 7) is 0. The Morgan fingerprint density at radius 1 is 0.962 bits per heavy atom. The maximum atomic E-state index is 11.9. The minimum Gasteiger partial charge on any atom is -0.504 e. The minimum absolute atomic E-state index is 0.0115. The van der Waals surface area contributed by atoms with Gasteiger partial charge in [-0.2, -0.15) is 0 Å². The van der Waals surface area contributed by atoms with E-state index in [1.54, 1.807) is 42.5 Å². The molecule has 0 spiro atoms. The van der Waals surface area contributed by atoms with Gasteiger partial charge in [0.25, 0.3) is 0 Å². The predicted octanol–water partition coefficient (Wildman–Crippen LogP) is 4.96. The molecule has 2 aromatic carbocycles. The molecule has 0 saturated heterocycles. The van der Waals surface area contributed by atoms with Crippen LogP contribution in [0.3, 0.4) is 0 Å². The van der Waals surface area contributed by atoms with Gasteiger partial charge in [-0.15, -0.1) is 0 Å². The average Bonchev–Trinajstić information content (AvgIpc) is 2.58. The van der Waals surface area contributed by atoms with Crippen LogP contribution in [0.4, 0.5) is 0 Å². The van der Waals surface area contributed by atoms with Gasteiger partial charge in [0, 0.05) is 10.0 Å². The van der Waals surface area contributed by atoms with Crippen LogP contribution in [0.25, 0.3) is 12.2 Å². The van der Waals surface area contributed by atoms with E-state index in [2.05, 4.69) is 0 Å². The molecule has 0 unspecified atom stereocenters. The summed E-state index contributed by atoms with van der Waals surface area (Å²) in [4.78, 5) is 23.8. The highest BCUT2D eigenvalue weighted by Gasteiger charge is 2.05. The van der Waals surface area contributed by atoms with Crippen LogP contribution >= 0.6 is 23.2 Å². The summed E-state index contributed by atoms with van der Waals surface area (Å²) in [5.74, 6) is -0.356. The van der Waals surface area contributed by atoms with Crippen molar-refractivity contribution in [3.63, 3.8) is 0 Å². The molecule has 0 amide bonds. The molecule has 0 radical (unpaired) electrons. The summed E-state index contributed by atoms with van der Waals surface area (Å²) in [6.07, 6.45) is 5.49. The fourth-order valence-corrected chi connectivity index (χ4v) is 2.68. The molecule has 0 atom stereocenters. The van der Waals surface area contributed by atoms with E-state index in [9.17, 15) is 14.7 Å². The number of halogens is 2. The molecule has 0 aliphatic carbocycles. The molecule has 134 valence electrons. The van der Waals surface area contributed by atoms with E-state index in [0.717, 1.165) is 0 Å². The lowest BCUT2D eigenvalue weighted by molar-refractivity contribution is -0.121. The number of phenols is 1. The summed E-state index contributed by atoms with van der Waals surface area (Å²) < 4.78 is 5.00. The van der Waals surface area contributed by atoms with Crippen molar-refractivity contribution >= 4 is 46.9 Å². The number of hydrogen-bond donors (Lipinski definition) is 1. The monoisotopic (exact) mass is 390 g/mol. The fourth-order valence-electron chi connectivity index (χ4n) is 2.14. The van der Waals surface area contributed by atoms with Crippen LogP contribution in [0.5, 0.6) is 11.5 Å². The normalized spacial score (nSPS) is 11.2. The van der Waals surface area contributed by atoms with Crippen molar-refractivity contribution in [1.29, 1.82) is 0 Å². The predicted molar refractivity (Wildman–Crippen MR) is 104 cm³/mol. The number of hydrogen-bond acceptors (Lipinski definition) is 4. The van der Waals surface area contributed by atoms with Crippen LogP contribution in [0, 0.1) is 0 Å². The van der Waals surface area contributed by atoms with E-state index < -0.39 is 0 Å². The van der Waals surface area contributed by atoms with Crippen LogP contribution < -0.4 is 4.74 Å². The van der Waals surface area contributed by atoms with E-state index in [4.69, 9.17) is 27.9 Å². The number of carbonyl (C=O) groups is 2. The SMILES string of the molecule is COc1cc(C=CC(=O)CC(=O)C=Cc2cc(Cl)cc(Cl)c2)ccc1O. The summed E-state index contributed by atoms with van der Waals surface area (Å²) in [6, 6.07) is 9.60. The molecular weight excluding hydrogens is 375 g/mol. The van der Waals surface area contributed by atoms with Gasteiger partial charge >= 0.3 is 0 Å². The zero-order chi connectivity index (χ0) is 19.1. The lowest BCUT2D eigenvalue weighted by atomic mass is 10.1. The molecule has 2 aromatic rings. The number of benzene rings is 2. The molecule has 0 aliphatic heterocycles. The molecule has 0 bridgehead atoms. The third-order valence-corrected chi connectivity index (χ3v) is 3.80.